The third-order valence-corrected chi connectivity index (χ3v) is 6.57. The number of carbonyl (C=O) groups excluding carboxylic acids is 1. The Morgan fingerprint density at radius 3 is 1.94 bits per heavy atom. The molecule has 3 heteroatoms. The Bertz CT molecular complexity index is 1400. The summed E-state index contributed by atoms with van der Waals surface area (Å²) in [5.41, 5.74) is 5.01. The van der Waals surface area contributed by atoms with Crippen LogP contribution >= 0.6 is 0 Å². The smallest absolute Gasteiger partial charge is 0.344 e. The maximum Gasteiger partial charge on any atom is 0.344 e. The van der Waals surface area contributed by atoms with Gasteiger partial charge in [-0.3, -0.25) is 0 Å². The normalized spacial score (nSPS) is 12.0. The molecule has 0 fully saturated rings. The Hall–Kier alpha value is -3.59. The first-order valence-corrected chi connectivity index (χ1v) is 12.4. The van der Waals surface area contributed by atoms with Crippen LogP contribution in [0.25, 0.3) is 21.9 Å². The second-order valence-corrected chi connectivity index (χ2v) is 11.5. The molecule has 0 atom stereocenters. The molecule has 4 aromatic carbocycles. The summed E-state index contributed by atoms with van der Waals surface area (Å²) in [6.07, 6.45) is 0. The number of benzene rings is 4. The van der Waals surface area contributed by atoms with Gasteiger partial charge < -0.3 is 9.47 Å². The molecule has 0 aromatic heterocycles. The minimum Gasteiger partial charge on any atom is -0.496 e. The van der Waals surface area contributed by atoms with Crippen LogP contribution in [0.2, 0.25) is 0 Å². The molecule has 0 radical (unpaired) electrons. The molecule has 0 amide bonds. The largest absolute Gasteiger partial charge is 0.496 e. The van der Waals surface area contributed by atoms with Gasteiger partial charge in [-0.15, -0.1) is 0 Å². The first-order valence-electron chi connectivity index (χ1n) is 12.4. The molecule has 4 rings (SSSR count). The number of methoxy groups -OCH3 is 1. The van der Waals surface area contributed by atoms with Crippen LogP contribution in [0.3, 0.4) is 0 Å². The van der Waals surface area contributed by atoms with Crippen molar-refractivity contribution in [3.63, 3.8) is 0 Å². The van der Waals surface area contributed by atoms with E-state index in [1.165, 1.54) is 0 Å². The Morgan fingerprint density at radius 1 is 0.750 bits per heavy atom. The third-order valence-electron chi connectivity index (χ3n) is 6.57. The fraction of sp³-hybridized carbons (Fsp3) is 0.303. The molecule has 4 aromatic rings. The second-order valence-electron chi connectivity index (χ2n) is 11.5. The Labute approximate surface area is 215 Å². The van der Waals surface area contributed by atoms with Gasteiger partial charge in [0, 0.05) is 22.3 Å². The van der Waals surface area contributed by atoms with Gasteiger partial charge in [-0.05, 0) is 40.7 Å². The molecular formula is C33H36O3. The molecule has 186 valence electrons. The van der Waals surface area contributed by atoms with E-state index in [2.05, 4.69) is 72.7 Å². The maximum absolute atomic E-state index is 13.9. The van der Waals surface area contributed by atoms with Crippen LogP contribution in [0.1, 0.15) is 68.6 Å². The molecule has 0 bridgehead atoms. The van der Waals surface area contributed by atoms with E-state index in [1.54, 1.807) is 7.11 Å². The number of carbonyl (C=O) groups is 1. The second kappa shape index (κ2) is 9.46. The Balaban J connectivity index is 1.91. The van der Waals surface area contributed by atoms with Gasteiger partial charge in [-0.25, -0.2) is 4.79 Å². The number of ether oxygens (including phenoxy) is 2. The van der Waals surface area contributed by atoms with Gasteiger partial charge in [-0.2, -0.15) is 0 Å². The first-order chi connectivity index (χ1) is 16.9. The van der Waals surface area contributed by atoms with Crippen LogP contribution < -0.4 is 9.47 Å². The molecule has 3 nitrogen and oxygen atoms in total. The van der Waals surface area contributed by atoms with Gasteiger partial charge in [0.2, 0.25) is 0 Å². The van der Waals surface area contributed by atoms with E-state index in [1.807, 2.05) is 48.5 Å². The van der Waals surface area contributed by atoms with E-state index in [4.69, 9.17) is 9.47 Å². The lowest BCUT2D eigenvalue weighted by Gasteiger charge is -2.30. The van der Waals surface area contributed by atoms with Crippen LogP contribution in [0.4, 0.5) is 0 Å². The van der Waals surface area contributed by atoms with Crippen molar-refractivity contribution in [2.45, 2.75) is 59.3 Å². The van der Waals surface area contributed by atoms with Crippen LogP contribution in [-0.4, -0.2) is 13.1 Å². The first kappa shape index (κ1) is 25.5. The van der Waals surface area contributed by atoms with Crippen molar-refractivity contribution in [3.05, 3.63) is 95.1 Å². The summed E-state index contributed by atoms with van der Waals surface area (Å²) in [7, 11) is 1.66. The maximum atomic E-state index is 13.9. The van der Waals surface area contributed by atoms with Crippen LogP contribution in [-0.2, 0) is 10.8 Å². The van der Waals surface area contributed by atoms with Crippen LogP contribution in [0.15, 0.2) is 72.8 Å². The number of hydrogen-bond donors (Lipinski definition) is 0. The van der Waals surface area contributed by atoms with E-state index >= 15 is 0 Å². The van der Waals surface area contributed by atoms with Crippen LogP contribution in [0.5, 0.6) is 11.5 Å². The summed E-state index contributed by atoms with van der Waals surface area (Å²) in [5, 5.41) is 2.11. The monoisotopic (exact) mass is 480 g/mol. The quantitative estimate of drug-likeness (QED) is 0.217. The molecule has 0 aliphatic rings. The summed E-state index contributed by atoms with van der Waals surface area (Å²) in [6, 6.07) is 24.0. The van der Waals surface area contributed by atoms with Gasteiger partial charge in [0.1, 0.15) is 11.5 Å². The highest BCUT2D eigenvalue weighted by Gasteiger charge is 2.30. The van der Waals surface area contributed by atoms with E-state index in [-0.39, 0.29) is 16.8 Å². The van der Waals surface area contributed by atoms with Crippen molar-refractivity contribution >= 4 is 16.7 Å². The zero-order chi connectivity index (χ0) is 26.3. The standard InChI is InChI=1S/C33H36O3/c1-21-19-26(32(2,3)4)30(27(20-21)33(5,6)7)36-31(34)25-16-12-11-15-24(25)29-23-14-10-9-13-22(23)17-18-28(29)35-8/h9-20H,1-8H3. The zero-order valence-corrected chi connectivity index (χ0v) is 22.7. The van der Waals surface area contributed by atoms with Gasteiger partial charge in [0.05, 0.1) is 12.7 Å². The fourth-order valence-corrected chi connectivity index (χ4v) is 4.72. The topological polar surface area (TPSA) is 35.5 Å². The Kier molecular flexibility index (Phi) is 6.70. The number of fused-ring (bicyclic) bond motifs is 1. The van der Waals surface area contributed by atoms with Crippen molar-refractivity contribution in [2.24, 2.45) is 0 Å². The lowest BCUT2D eigenvalue weighted by atomic mass is 9.78. The molecule has 0 aliphatic carbocycles. The summed E-state index contributed by atoms with van der Waals surface area (Å²) >= 11 is 0. The molecule has 0 aliphatic heterocycles. The predicted octanol–water partition coefficient (Wildman–Crippen LogP) is 8.64. The Morgan fingerprint density at radius 2 is 1.33 bits per heavy atom. The third kappa shape index (κ3) is 4.88. The van der Waals surface area contributed by atoms with Gasteiger partial charge in [0.15, 0.2) is 0 Å². The van der Waals surface area contributed by atoms with Crippen molar-refractivity contribution in [2.75, 3.05) is 7.11 Å². The molecule has 0 unspecified atom stereocenters. The lowest BCUT2D eigenvalue weighted by Crippen LogP contribution is -2.22. The highest BCUT2D eigenvalue weighted by Crippen LogP contribution is 2.42. The molecule has 0 heterocycles. The van der Waals surface area contributed by atoms with E-state index in [0.717, 1.165) is 44.3 Å². The number of aryl methyl sites for hydroxylation is 1. The van der Waals surface area contributed by atoms with Crippen molar-refractivity contribution in [3.8, 4) is 22.6 Å². The highest BCUT2D eigenvalue weighted by molar-refractivity contribution is 6.06. The number of hydrogen-bond acceptors (Lipinski definition) is 3. The van der Waals surface area contributed by atoms with Gasteiger partial charge >= 0.3 is 5.97 Å². The van der Waals surface area contributed by atoms with E-state index in [9.17, 15) is 4.79 Å². The van der Waals surface area contributed by atoms with Gasteiger partial charge in [0.25, 0.3) is 0 Å². The average molecular weight is 481 g/mol. The van der Waals surface area contributed by atoms with E-state index < -0.39 is 0 Å². The molecule has 0 saturated heterocycles. The summed E-state index contributed by atoms with van der Waals surface area (Å²) in [5.74, 6) is 1.00. The highest BCUT2D eigenvalue weighted by atomic mass is 16.5. The number of esters is 1. The minimum absolute atomic E-state index is 0.194. The predicted molar refractivity (Wildman–Crippen MR) is 149 cm³/mol. The van der Waals surface area contributed by atoms with Crippen molar-refractivity contribution in [1.82, 2.24) is 0 Å². The molecule has 0 spiro atoms. The summed E-state index contributed by atoms with van der Waals surface area (Å²) in [4.78, 5) is 13.9. The molecular weight excluding hydrogens is 444 g/mol. The van der Waals surface area contributed by atoms with Gasteiger partial charge in [-0.1, -0.05) is 108 Å². The summed E-state index contributed by atoms with van der Waals surface area (Å²) in [6.45, 7) is 15.0. The SMILES string of the molecule is COc1ccc2ccccc2c1-c1ccccc1C(=O)Oc1c(C(C)(C)C)cc(C)cc1C(C)(C)C. The van der Waals surface area contributed by atoms with E-state index in [0.29, 0.717) is 11.3 Å². The summed E-state index contributed by atoms with van der Waals surface area (Å²) < 4.78 is 12.1. The minimum atomic E-state index is -0.375. The van der Waals surface area contributed by atoms with Crippen molar-refractivity contribution < 1.29 is 14.3 Å². The lowest BCUT2D eigenvalue weighted by molar-refractivity contribution is 0.0729. The molecule has 0 saturated carbocycles. The average Bonchev–Trinajstić information content (AvgIpc) is 2.82. The van der Waals surface area contributed by atoms with Crippen LogP contribution in [0, 0.1) is 6.92 Å². The molecule has 36 heavy (non-hydrogen) atoms. The zero-order valence-electron chi connectivity index (χ0n) is 22.7. The fourth-order valence-electron chi connectivity index (χ4n) is 4.72. The van der Waals surface area contributed by atoms with Crippen molar-refractivity contribution in [1.29, 1.82) is 0 Å². The number of rotatable bonds is 4. The molecule has 0 N–H and O–H groups in total.